The van der Waals surface area contributed by atoms with Gasteiger partial charge >= 0.3 is 0 Å². The smallest absolute Gasteiger partial charge is 0.202 e. The third kappa shape index (κ3) is 4.93. The topological polar surface area (TPSA) is 45.6 Å². The Hall–Kier alpha value is -2.90. The van der Waals surface area contributed by atoms with Crippen LogP contribution in [-0.4, -0.2) is 35.1 Å². The van der Waals surface area contributed by atoms with Gasteiger partial charge in [0.25, 0.3) is 0 Å². The van der Waals surface area contributed by atoms with E-state index in [9.17, 15) is 0 Å². The normalized spacial score (nSPS) is 11.8. The van der Waals surface area contributed by atoms with Gasteiger partial charge in [-0.05, 0) is 48.6 Å². The molecule has 0 spiro atoms. The van der Waals surface area contributed by atoms with Crippen molar-refractivity contribution >= 4 is 12.2 Å². The van der Waals surface area contributed by atoms with Crippen molar-refractivity contribution in [2.45, 2.75) is 13.2 Å². The molecule has 2 aromatic carbocycles. The summed E-state index contributed by atoms with van der Waals surface area (Å²) in [7, 11) is 5.72. The van der Waals surface area contributed by atoms with Crippen LogP contribution in [0.4, 0.5) is 0 Å². The molecule has 0 amide bonds. The van der Waals surface area contributed by atoms with E-state index in [-0.39, 0.29) is 0 Å². The first kappa shape index (κ1) is 20.8. The lowest BCUT2D eigenvalue weighted by atomic mass is 10.2. The molecule has 29 heavy (non-hydrogen) atoms. The minimum atomic E-state index is 0.511. The number of methoxy groups -OCH3 is 1. The molecule has 152 valence electrons. The van der Waals surface area contributed by atoms with Crippen molar-refractivity contribution in [3.8, 4) is 22.9 Å². The summed E-state index contributed by atoms with van der Waals surface area (Å²) in [6, 6.07) is 16.0. The second-order valence-corrected chi connectivity index (χ2v) is 7.27. The molecule has 0 radical (unpaired) electrons. The predicted molar refractivity (Wildman–Crippen MR) is 117 cm³/mol. The summed E-state index contributed by atoms with van der Waals surface area (Å²) >= 11 is 5.62. The van der Waals surface area contributed by atoms with Gasteiger partial charge in [-0.15, -0.1) is 5.10 Å². The standard InChI is InChI=1S/C22H26N4O2S/c1-5-14-28-18-12-10-17(11-13-18)15-24(2)16-26-22(29)25(3)21(23-26)19-8-6-7-9-20(19)27-4/h5-13H,1,14-16H2,2-4H3/p+1. The van der Waals surface area contributed by atoms with Crippen LogP contribution in [0, 0.1) is 4.77 Å². The minimum Gasteiger partial charge on any atom is -0.496 e. The first-order chi connectivity index (χ1) is 14.0. The Labute approximate surface area is 176 Å². The average Bonchev–Trinajstić information content (AvgIpc) is 3.01. The first-order valence-electron chi connectivity index (χ1n) is 9.44. The molecular formula is C22H27N4O2S+. The number of para-hydroxylation sites is 1. The van der Waals surface area contributed by atoms with Gasteiger partial charge in [0, 0.05) is 12.6 Å². The van der Waals surface area contributed by atoms with Crippen LogP contribution in [0.25, 0.3) is 11.4 Å². The number of hydrogen-bond acceptors (Lipinski definition) is 4. The van der Waals surface area contributed by atoms with E-state index >= 15 is 0 Å². The highest BCUT2D eigenvalue weighted by atomic mass is 32.1. The van der Waals surface area contributed by atoms with Crippen molar-refractivity contribution in [1.29, 1.82) is 0 Å². The molecule has 1 N–H and O–H groups in total. The number of benzene rings is 2. The van der Waals surface area contributed by atoms with Gasteiger partial charge in [-0.1, -0.05) is 24.8 Å². The van der Waals surface area contributed by atoms with E-state index in [1.165, 1.54) is 10.5 Å². The zero-order valence-corrected chi connectivity index (χ0v) is 17.9. The monoisotopic (exact) mass is 411 g/mol. The van der Waals surface area contributed by atoms with Gasteiger partial charge in [-0.3, -0.25) is 0 Å². The SMILES string of the molecule is C=CCOc1ccc(C[NH+](C)Cn2nc(-c3ccccc3OC)n(C)c2=S)cc1. The minimum absolute atomic E-state index is 0.511. The molecule has 1 aromatic heterocycles. The summed E-state index contributed by atoms with van der Waals surface area (Å²) in [5.74, 6) is 2.42. The molecule has 3 rings (SSSR count). The van der Waals surface area contributed by atoms with Gasteiger partial charge in [0.2, 0.25) is 4.77 Å². The maximum absolute atomic E-state index is 5.62. The number of nitrogens with zero attached hydrogens (tertiary/aromatic N) is 3. The molecule has 7 heteroatoms. The summed E-state index contributed by atoms with van der Waals surface area (Å²) in [6.45, 7) is 5.69. The van der Waals surface area contributed by atoms with Crippen LogP contribution in [0.15, 0.2) is 61.2 Å². The Morgan fingerprint density at radius 1 is 1.17 bits per heavy atom. The van der Waals surface area contributed by atoms with Crippen LogP contribution in [0.3, 0.4) is 0 Å². The molecule has 0 saturated carbocycles. The molecule has 0 bridgehead atoms. The molecule has 1 atom stereocenters. The Morgan fingerprint density at radius 3 is 2.59 bits per heavy atom. The summed E-state index contributed by atoms with van der Waals surface area (Å²) in [5, 5.41) is 4.76. The molecule has 1 unspecified atom stereocenters. The predicted octanol–water partition coefficient (Wildman–Crippen LogP) is 2.86. The molecule has 0 aliphatic rings. The van der Waals surface area contributed by atoms with Crippen LogP contribution in [0.1, 0.15) is 5.56 Å². The van der Waals surface area contributed by atoms with E-state index in [2.05, 4.69) is 25.8 Å². The second-order valence-electron chi connectivity index (χ2n) is 6.90. The fourth-order valence-corrected chi connectivity index (χ4v) is 3.37. The third-order valence-corrected chi connectivity index (χ3v) is 5.09. The molecule has 0 fully saturated rings. The Morgan fingerprint density at radius 2 is 1.90 bits per heavy atom. The summed E-state index contributed by atoms with van der Waals surface area (Å²) in [6.07, 6.45) is 1.74. The zero-order valence-electron chi connectivity index (χ0n) is 17.1. The van der Waals surface area contributed by atoms with Gasteiger partial charge in [0.05, 0.1) is 19.7 Å². The molecule has 0 saturated heterocycles. The highest BCUT2D eigenvalue weighted by molar-refractivity contribution is 7.71. The second kappa shape index (κ2) is 9.54. The van der Waals surface area contributed by atoms with Crippen molar-refractivity contribution in [2.24, 2.45) is 7.05 Å². The summed E-state index contributed by atoms with van der Waals surface area (Å²) in [4.78, 5) is 1.27. The summed E-state index contributed by atoms with van der Waals surface area (Å²) < 4.78 is 15.5. The van der Waals surface area contributed by atoms with Crippen LogP contribution in [0.2, 0.25) is 0 Å². The first-order valence-corrected chi connectivity index (χ1v) is 9.85. The summed E-state index contributed by atoms with van der Waals surface area (Å²) in [5.41, 5.74) is 2.15. The van der Waals surface area contributed by atoms with E-state index < -0.39 is 0 Å². The van der Waals surface area contributed by atoms with E-state index in [4.69, 9.17) is 26.8 Å². The number of ether oxygens (including phenoxy) is 2. The van der Waals surface area contributed by atoms with Gasteiger partial charge in [0.1, 0.15) is 24.7 Å². The van der Waals surface area contributed by atoms with E-state index in [0.29, 0.717) is 18.0 Å². The van der Waals surface area contributed by atoms with Gasteiger partial charge < -0.3 is 18.9 Å². The van der Waals surface area contributed by atoms with Crippen molar-refractivity contribution in [1.82, 2.24) is 14.3 Å². The molecule has 0 aliphatic carbocycles. The number of rotatable bonds is 9. The largest absolute Gasteiger partial charge is 0.496 e. The van der Waals surface area contributed by atoms with Crippen molar-refractivity contribution in [3.63, 3.8) is 0 Å². The molecular weight excluding hydrogens is 384 g/mol. The average molecular weight is 412 g/mol. The van der Waals surface area contributed by atoms with Crippen LogP contribution < -0.4 is 14.4 Å². The Balaban J connectivity index is 1.73. The van der Waals surface area contributed by atoms with Crippen molar-refractivity contribution in [2.75, 3.05) is 20.8 Å². The highest BCUT2D eigenvalue weighted by Gasteiger charge is 2.16. The van der Waals surface area contributed by atoms with Crippen LogP contribution in [0.5, 0.6) is 11.5 Å². The molecule has 0 aliphatic heterocycles. The maximum Gasteiger partial charge on any atom is 0.202 e. The highest BCUT2D eigenvalue weighted by Crippen LogP contribution is 2.27. The number of quaternary nitrogens is 1. The molecule has 6 nitrogen and oxygen atoms in total. The maximum atomic E-state index is 5.62. The fourth-order valence-electron chi connectivity index (χ4n) is 3.17. The molecule has 3 aromatic rings. The van der Waals surface area contributed by atoms with E-state index in [0.717, 1.165) is 29.4 Å². The van der Waals surface area contributed by atoms with Crippen LogP contribution >= 0.6 is 12.2 Å². The van der Waals surface area contributed by atoms with Crippen molar-refractivity contribution in [3.05, 3.63) is 71.5 Å². The quantitative estimate of drug-likeness (QED) is 0.434. The van der Waals surface area contributed by atoms with Gasteiger partial charge in [-0.2, -0.15) is 4.68 Å². The zero-order chi connectivity index (χ0) is 20.8. The molecule has 1 heterocycles. The van der Waals surface area contributed by atoms with Crippen LogP contribution in [-0.2, 0) is 20.3 Å². The lowest BCUT2D eigenvalue weighted by Gasteiger charge is -2.14. The fraction of sp³-hybridized carbons (Fsp3) is 0.273. The van der Waals surface area contributed by atoms with Gasteiger partial charge in [0.15, 0.2) is 12.5 Å². The van der Waals surface area contributed by atoms with Gasteiger partial charge in [-0.25, -0.2) is 0 Å². The number of hydrogen-bond donors (Lipinski definition) is 1. The Kier molecular flexibility index (Phi) is 6.85. The number of aromatic nitrogens is 3. The number of nitrogens with one attached hydrogen (secondary N) is 1. The third-order valence-electron chi connectivity index (χ3n) is 4.61. The lowest BCUT2D eigenvalue weighted by molar-refractivity contribution is -0.917. The van der Waals surface area contributed by atoms with Crippen molar-refractivity contribution < 1.29 is 14.4 Å². The lowest BCUT2D eigenvalue weighted by Crippen LogP contribution is -3.07. The van der Waals surface area contributed by atoms with E-state index in [1.54, 1.807) is 13.2 Å². The Bertz CT molecular complexity index is 1020. The van der Waals surface area contributed by atoms with E-state index in [1.807, 2.05) is 52.7 Å².